The predicted molar refractivity (Wildman–Crippen MR) is 50.6 cm³/mol. The van der Waals surface area contributed by atoms with Gasteiger partial charge in [0, 0.05) is 0 Å². The van der Waals surface area contributed by atoms with Crippen molar-refractivity contribution in [3.05, 3.63) is 5.92 Å². The smallest absolute Gasteiger partial charge is 0.0207 e. The van der Waals surface area contributed by atoms with Crippen LogP contribution in [0.1, 0.15) is 45.4 Å². The van der Waals surface area contributed by atoms with E-state index < -0.39 is 0 Å². The SMILES string of the molecule is CC[C]1CC2CC1C1CCCC21. The van der Waals surface area contributed by atoms with Crippen LogP contribution in [0.25, 0.3) is 0 Å². The normalized spacial score (nSPS) is 51.8. The van der Waals surface area contributed by atoms with E-state index in [1.807, 2.05) is 5.92 Å². The van der Waals surface area contributed by atoms with Crippen LogP contribution in [-0.4, -0.2) is 0 Å². The summed E-state index contributed by atoms with van der Waals surface area (Å²) in [6, 6.07) is 0. The maximum Gasteiger partial charge on any atom is -0.0207 e. The second kappa shape index (κ2) is 2.49. The minimum absolute atomic E-state index is 1.09. The van der Waals surface area contributed by atoms with E-state index in [-0.39, 0.29) is 0 Å². The number of fused-ring (bicyclic) bond motifs is 5. The van der Waals surface area contributed by atoms with Crippen LogP contribution >= 0.6 is 0 Å². The summed E-state index contributed by atoms with van der Waals surface area (Å²) in [6.45, 7) is 2.36. The molecule has 0 saturated heterocycles. The van der Waals surface area contributed by atoms with Gasteiger partial charge in [-0.05, 0) is 61.7 Å². The Hall–Kier alpha value is 0. The van der Waals surface area contributed by atoms with E-state index in [0.717, 1.165) is 17.8 Å². The fraction of sp³-hybridized carbons (Fsp3) is 0.917. The fourth-order valence-corrected chi connectivity index (χ4v) is 4.38. The van der Waals surface area contributed by atoms with Crippen LogP contribution in [0.15, 0.2) is 0 Å². The van der Waals surface area contributed by atoms with Crippen LogP contribution in [0.4, 0.5) is 0 Å². The first-order valence-corrected chi connectivity index (χ1v) is 5.74. The molecule has 67 valence electrons. The molecule has 4 unspecified atom stereocenters. The molecule has 3 aliphatic carbocycles. The summed E-state index contributed by atoms with van der Waals surface area (Å²) in [5, 5.41) is 0. The van der Waals surface area contributed by atoms with Crippen molar-refractivity contribution < 1.29 is 0 Å². The molecule has 1 radical (unpaired) electrons. The molecule has 3 saturated carbocycles. The first-order valence-electron chi connectivity index (χ1n) is 5.74. The summed E-state index contributed by atoms with van der Waals surface area (Å²) in [5.41, 5.74) is 0. The van der Waals surface area contributed by atoms with Gasteiger partial charge in [-0.25, -0.2) is 0 Å². The molecule has 3 rings (SSSR count). The van der Waals surface area contributed by atoms with Crippen molar-refractivity contribution in [3.8, 4) is 0 Å². The van der Waals surface area contributed by atoms with Crippen molar-refractivity contribution in [1.29, 1.82) is 0 Å². The highest BCUT2D eigenvalue weighted by molar-refractivity contribution is 5.15. The molecule has 3 fully saturated rings. The van der Waals surface area contributed by atoms with E-state index in [2.05, 4.69) is 6.92 Å². The Morgan fingerprint density at radius 3 is 2.92 bits per heavy atom. The van der Waals surface area contributed by atoms with Crippen LogP contribution in [0.3, 0.4) is 0 Å². The van der Waals surface area contributed by atoms with Crippen LogP contribution in [0.2, 0.25) is 0 Å². The first-order chi connectivity index (χ1) is 5.90. The van der Waals surface area contributed by atoms with Gasteiger partial charge in [-0.2, -0.15) is 0 Å². The van der Waals surface area contributed by atoms with Crippen LogP contribution in [-0.2, 0) is 0 Å². The molecule has 0 aromatic rings. The summed E-state index contributed by atoms with van der Waals surface area (Å²) in [6.07, 6.45) is 9.16. The van der Waals surface area contributed by atoms with E-state index in [0.29, 0.717) is 0 Å². The molecule has 0 aromatic heterocycles. The second-order valence-corrected chi connectivity index (χ2v) is 5.08. The van der Waals surface area contributed by atoms with Gasteiger partial charge in [-0.15, -0.1) is 0 Å². The number of hydrogen-bond acceptors (Lipinski definition) is 0. The lowest BCUT2D eigenvalue weighted by atomic mass is 9.75. The minimum atomic E-state index is 1.09. The standard InChI is InChI=1S/C12H19/c1-2-8-6-9-7-12(8)11-5-3-4-10(9)11/h9-12H,2-7H2,1H3. The van der Waals surface area contributed by atoms with Crippen LogP contribution in [0, 0.1) is 29.6 Å². The molecule has 3 aliphatic rings. The lowest BCUT2D eigenvalue weighted by molar-refractivity contribution is 0.273. The lowest BCUT2D eigenvalue weighted by Crippen LogP contribution is -2.22. The van der Waals surface area contributed by atoms with Crippen molar-refractivity contribution in [2.24, 2.45) is 23.7 Å². The average molecular weight is 163 g/mol. The highest BCUT2D eigenvalue weighted by Crippen LogP contribution is 2.62. The molecule has 0 amide bonds. The lowest BCUT2D eigenvalue weighted by Gasteiger charge is -2.30. The van der Waals surface area contributed by atoms with Gasteiger partial charge in [0.15, 0.2) is 0 Å². The largest absolute Gasteiger partial charge is 0.0648 e. The van der Waals surface area contributed by atoms with E-state index in [1.165, 1.54) is 18.8 Å². The Bertz CT molecular complexity index is 182. The molecule has 2 bridgehead atoms. The average Bonchev–Trinajstić information content (AvgIpc) is 2.75. The Labute approximate surface area is 75.7 Å². The zero-order chi connectivity index (χ0) is 8.13. The highest BCUT2D eigenvalue weighted by Gasteiger charge is 2.53. The zero-order valence-electron chi connectivity index (χ0n) is 8.05. The van der Waals surface area contributed by atoms with Gasteiger partial charge in [-0.1, -0.05) is 13.3 Å². The van der Waals surface area contributed by atoms with Gasteiger partial charge >= 0.3 is 0 Å². The summed E-state index contributed by atoms with van der Waals surface area (Å²) in [5.74, 6) is 6.48. The quantitative estimate of drug-likeness (QED) is 0.555. The zero-order valence-corrected chi connectivity index (χ0v) is 8.05. The molecule has 0 aliphatic heterocycles. The Morgan fingerprint density at radius 2 is 2.08 bits per heavy atom. The molecule has 0 spiro atoms. The number of rotatable bonds is 1. The molecule has 0 N–H and O–H groups in total. The molecule has 0 heteroatoms. The van der Waals surface area contributed by atoms with Crippen molar-refractivity contribution in [1.82, 2.24) is 0 Å². The van der Waals surface area contributed by atoms with Gasteiger partial charge in [0.2, 0.25) is 0 Å². The van der Waals surface area contributed by atoms with Crippen molar-refractivity contribution in [2.45, 2.75) is 45.4 Å². The molecule has 12 heavy (non-hydrogen) atoms. The van der Waals surface area contributed by atoms with E-state index in [4.69, 9.17) is 0 Å². The van der Waals surface area contributed by atoms with Gasteiger partial charge < -0.3 is 0 Å². The maximum atomic E-state index is 2.36. The topological polar surface area (TPSA) is 0 Å². The van der Waals surface area contributed by atoms with Crippen LogP contribution < -0.4 is 0 Å². The molecule has 4 atom stereocenters. The summed E-state index contributed by atoms with van der Waals surface area (Å²) in [4.78, 5) is 0. The number of hydrogen-bond donors (Lipinski definition) is 0. The summed E-state index contributed by atoms with van der Waals surface area (Å²) >= 11 is 0. The molecular formula is C12H19. The molecular weight excluding hydrogens is 144 g/mol. The maximum absolute atomic E-state index is 2.36. The first kappa shape index (κ1) is 7.41. The minimum Gasteiger partial charge on any atom is -0.0648 e. The van der Waals surface area contributed by atoms with Gasteiger partial charge in [-0.3, -0.25) is 0 Å². The van der Waals surface area contributed by atoms with E-state index in [1.54, 1.807) is 25.7 Å². The van der Waals surface area contributed by atoms with Crippen molar-refractivity contribution >= 4 is 0 Å². The Morgan fingerprint density at radius 1 is 1.25 bits per heavy atom. The van der Waals surface area contributed by atoms with Crippen molar-refractivity contribution in [2.75, 3.05) is 0 Å². The van der Waals surface area contributed by atoms with E-state index >= 15 is 0 Å². The van der Waals surface area contributed by atoms with Crippen molar-refractivity contribution in [3.63, 3.8) is 0 Å². The van der Waals surface area contributed by atoms with Gasteiger partial charge in [0.1, 0.15) is 0 Å². The van der Waals surface area contributed by atoms with Crippen LogP contribution in [0.5, 0.6) is 0 Å². The monoisotopic (exact) mass is 163 g/mol. The van der Waals surface area contributed by atoms with Gasteiger partial charge in [0.25, 0.3) is 0 Å². The highest BCUT2D eigenvalue weighted by atomic mass is 14.6. The van der Waals surface area contributed by atoms with E-state index in [9.17, 15) is 0 Å². The molecule has 0 nitrogen and oxygen atoms in total. The third-order valence-corrected chi connectivity index (χ3v) is 4.81. The summed E-state index contributed by atoms with van der Waals surface area (Å²) in [7, 11) is 0. The third kappa shape index (κ3) is 0.791. The van der Waals surface area contributed by atoms with Gasteiger partial charge in [0.05, 0.1) is 0 Å². The Balaban J connectivity index is 1.83. The summed E-state index contributed by atoms with van der Waals surface area (Å²) < 4.78 is 0. The predicted octanol–water partition coefficient (Wildman–Crippen LogP) is 3.43. The fourth-order valence-electron chi connectivity index (χ4n) is 4.38. The second-order valence-electron chi connectivity index (χ2n) is 5.08. The Kier molecular flexibility index (Phi) is 1.54. The molecule has 0 aromatic carbocycles. The third-order valence-electron chi connectivity index (χ3n) is 4.81. The molecule has 0 heterocycles.